The van der Waals surface area contributed by atoms with Crippen LogP contribution < -0.4 is 10.6 Å². The minimum atomic E-state index is -0.499. The van der Waals surface area contributed by atoms with Gasteiger partial charge in [0.05, 0.1) is 17.3 Å². The van der Waals surface area contributed by atoms with E-state index in [1.54, 1.807) is 11.3 Å². The van der Waals surface area contributed by atoms with Gasteiger partial charge >= 0.3 is 0 Å². The summed E-state index contributed by atoms with van der Waals surface area (Å²) in [6, 6.07) is 0.314. The molecule has 1 saturated heterocycles. The number of halogens is 2. The maximum absolute atomic E-state index is 12.9. The van der Waals surface area contributed by atoms with Gasteiger partial charge in [-0.05, 0) is 53.1 Å². The number of nitrogens with zero attached hydrogens (tertiary/aromatic N) is 4. The summed E-state index contributed by atoms with van der Waals surface area (Å²) in [6.45, 7) is 9.90. The highest BCUT2D eigenvalue weighted by atomic mass is 35.5. The van der Waals surface area contributed by atoms with Gasteiger partial charge in [0.2, 0.25) is 0 Å². The standard InChI is InChI=1S/C17H26N6OS.2ClH/c1-5-17(4,16-19-11(2)10-25-16)20-15(24)14-12(3)23(22-21-14)13-6-8-18-9-7-13;;/h10,13,18H,5-9H2,1-4H3,(H,20,24);2*1H. The Morgan fingerprint density at radius 1 is 1.37 bits per heavy atom. The molecule has 0 bridgehead atoms. The van der Waals surface area contributed by atoms with E-state index in [1.165, 1.54) is 0 Å². The van der Waals surface area contributed by atoms with Crippen LogP contribution in [-0.4, -0.2) is 39.0 Å². The number of piperidine rings is 1. The summed E-state index contributed by atoms with van der Waals surface area (Å²) < 4.78 is 1.91. The number of hydrogen-bond acceptors (Lipinski definition) is 6. The van der Waals surface area contributed by atoms with Crippen molar-refractivity contribution in [3.63, 3.8) is 0 Å². The average Bonchev–Trinajstić information content (AvgIpc) is 3.22. The van der Waals surface area contributed by atoms with Crippen molar-refractivity contribution in [3.05, 3.63) is 27.5 Å². The fourth-order valence-corrected chi connectivity index (χ4v) is 4.15. The van der Waals surface area contributed by atoms with Crippen LogP contribution in [0.5, 0.6) is 0 Å². The highest BCUT2D eigenvalue weighted by molar-refractivity contribution is 7.09. The van der Waals surface area contributed by atoms with Crippen molar-refractivity contribution < 1.29 is 4.79 Å². The molecule has 1 atom stereocenters. The van der Waals surface area contributed by atoms with Gasteiger partial charge in [-0.15, -0.1) is 41.2 Å². The molecule has 2 aromatic rings. The molecular formula is C17H28Cl2N6OS. The second-order valence-electron chi connectivity index (χ2n) is 6.88. The van der Waals surface area contributed by atoms with Crippen LogP contribution in [0.25, 0.3) is 0 Å². The van der Waals surface area contributed by atoms with Crippen LogP contribution in [0.1, 0.15) is 66.0 Å². The van der Waals surface area contributed by atoms with E-state index in [1.807, 2.05) is 30.8 Å². The van der Waals surface area contributed by atoms with Gasteiger partial charge in [-0.3, -0.25) is 4.79 Å². The molecular weight excluding hydrogens is 407 g/mol. The molecule has 1 fully saturated rings. The second-order valence-corrected chi connectivity index (χ2v) is 7.74. The summed E-state index contributed by atoms with van der Waals surface area (Å²) in [7, 11) is 0. The Balaban J connectivity index is 0.00000182. The molecule has 7 nitrogen and oxygen atoms in total. The Hall–Kier alpha value is -1.22. The summed E-state index contributed by atoms with van der Waals surface area (Å²) in [5, 5.41) is 17.8. The number of carbonyl (C=O) groups is 1. The van der Waals surface area contributed by atoms with Crippen molar-refractivity contribution in [2.75, 3.05) is 13.1 Å². The number of hydrogen-bond donors (Lipinski definition) is 2. The van der Waals surface area contributed by atoms with Gasteiger partial charge < -0.3 is 10.6 Å². The second kappa shape index (κ2) is 9.82. The molecule has 3 rings (SSSR count). The maximum atomic E-state index is 12.9. The third-order valence-corrected chi connectivity index (χ3v) is 6.21. The molecule has 1 aliphatic heterocycles. The zero-order chi connectivity index (χ0) is 18.0. The van der Waals surface area contributed by atoms with Gasteiger partial charge in [-0.1, -0.05) is 12.1 Å². The highest BCUT2D eigenvalue weighted by Gasteiger charge is 2.32. The molecule has 27 heavy (non-hydrogen) atoms. The first-order valence-corrected chi connectivity index (χ1v) is 9.70. The van der Waals surface area contributed by atoms with Crippen LogP contribution in [-0.2, 0) is 5.54 Å². The Kier molecular flexibility index (Phi) is 8.66. The third kappa shape index (κ3) is 4.99. The van der Waals surface area contributed by atoms with Gasteiger partial charge in [0, 0.05) is 11.1 Å². The molecule has 1 aliphatic rings. The quantitative estimate of drug-likeness (QED) is 0.754. The lowest BCUT2D eigenvalue weighted by Gasteiger charge is -2.27. The molecule has 2 aromatic heterocycles. The molecule has 152 valence electrons. The SMILES string of the molecule is CCC(C)(NC(=O)c1nnn(C2CCNCC2)c1C)c1nc(C)cs1.Cl.Cl. The van der Waals surface area contributed by atoms with E-state index in [0.29, 0.717) is 11.7 Å². The van der Waals surface area contributed by atoms with Crippen molar-refractivity contribution in [2.45, 2.75) is 58.5 Å². The molecule has 0 aliphatic carbocycles. The van der Waals surface area contributed by atoms with Crippen molar-refractivity contribution in [3.8, 4) is 0 Å². The summed E-state index contributed by atoms with van der Waals surface area (Å²) in [5.41, 5.74) is 1.72. The lowest BCUT2D eigenvalue weighted by molar-refractivity contribution is 0.0896. The lowest BCUT2D eigenvalue weighted by Crippen LogP contribution is -2.43. The van der Waals surface area contributed by atoms with Gasteiger partial charge in [-0.2, -0.15) is 0 Å². The van der Waals surface area contributed by atoms with E-state index in [4.69, 9.17) is 0 Å². The molecule has 3 heterocycles. The van der Waals surface area contributed by atoms with Crippen LogP contribution in [0, 0.1) is 13.8 Å². The molecule has 0 saturated carbocycles. The summed E-state index contributed by atoms with van der Waals surface area (Å²) >= 11 is 1.58. The number of aromatic nitrogens is 4. The Bertz CT molecular complexity index is 758. The molecule has 1 unspecified atom stereocenters. The van der Waals surface area contributed by atoms with Crippen LogP contribution in [0.4, 0.5) is 0 Å². The van der Waals surface area contributed by atoms with E-state index >= 15 is 0 Å². The van der Waals surface area contributed by atoms with Crippen molar-refractivity contribution in [1.29, 1.82) is 0 Å². The van der Waals surface area contributed by atoms with Crippen LogP contribution in [0.3, 0.4) is 0 Å². The van der Waals surface area contributed by atoms with Gasteiger partial charge in [-0.25, -0.2) is 9.67 Å². The smallest absolute Gasteiger partial charge is 0.274 e. The molecule has 1 amide bonds. The minimum absolute atomic E-state index is 0. The number of aryl methyl sites for hydroxylation is 1. The predicted molar refractivity (Wildman–Crippen MR) is 112 cm³/mol. The van der Waals surface area contributed by atoms with Crippen molar-refractivity contribution in [1.82, 2.24) is 30.6 Å². The predicted octanol–water partition coefficient (Wildman–Crippen LogP) is 3.17. The topological polar surface area (TPSA) is 84.7 Å². The zero-order valence-electron chi connectivity index (χ0n) is 16.1. The molecule has 0 spiro atoms. The van der Waals surface area contributed by atoms with E-state index in [0.717, 1.165) is 48.7 Å². The van der Waals surface area contributed by atoms with E-state index < -0.39 is 5.54 Å². The van der Waals surface area contributed by atoms with Gasteiger partial charge in [0.25, 0.3) is 5.91 Å². The van der Waals surface area contributed by atoms with Crippen LogP contribution >= 0.6 is 36.2 Å². The summed E-state index contributed by atoms with van der Waals surface area (Å²) in [4.78, 5) is 17.4. The number of rotatable bonds is 5. The lowest BCUT2D eigenvalue weighted by atomic mass is 9.99. The Morgan fingerprint density at radius 3 is 2.59 bits per heavy atom. The fraction of sp³-hybridized carbons (Fsp3) is 0.647. The van der Waals surface area contributed by atoms with Crippen molar-refractivity contribution >= 4 is 42.1 Å². The normalized spacial score (nSPS) is 16.7. The fourth-order valence-electron chi connectivity index (χ4n) is 3.16. The van der Waals surface area contributed by atoms with E-state index in [9.17, 15) is 4.79 Å². The Labute approximate surface area is 176 Å². The maximum Gasteiger partial charge on any atom is 0.274 e. The third-order valence-electron chi connectivity index (χ3n) is 4.98. The molecule has 2 N–H and O–H groups in total. The first-order valence-electron chi connectivity index (χ1n) is 8.82. The average molecular weight is 435 g/mol. The molecule has 10 heteroatoms. The van der Waals surface area contributed by atoms with E-state index in [2.05, 4.69) is 32.9 Å². The van der Waals surface area contributed by atoms with Gasteiger partial charge in [0.1, 0.15) is 5.01 Å². The minimum Gasteiger partial charge on any atom is -0.339 e. The highest BCUT2D eigenvalue weighted by Crippen LogP contribution is 2.28. The van der Waals surface area contributed by atoms with Gasteiger partial charge in [0.15, 0.2) is 5.69 Å². The molecule has 0 radical (unpaired) electrons. The van der Waals surface area contributed by atoms with Crippen LogP contribution in [0.2, 0.25) is 0 Å². The molecule has 0 aromatic carbocycles. The number of nitrogens with one attached hydrogen (secondary N) is 2. The largest absolute Gasteiger partial charge is 0.339 e. The Morgan fingerprint density at radius 2 is 2.04 bits per heavy atom. The van der Waals surface area contributed by atoms with E-state index in [-0.39, 0.29) is 30.7 Å². The summed E-state index contributed by atoms with van der Waals surface area (Å²) in [6.07, 6.45) is 2.78. The first kappa shape index (κ1) is 23.8. The number of carbonyl (C=O) groups excluding carboxylic acids is 1. The monoisotopic (exact) mass is 434 g/mol. The zero-order valence-corrected chi connectivity index (χ0v) is 18.6. The number of thiazole rings is 1. The van der Waals surface area contributed by atoms with Crippen molar-refractivity contribution in [2.24, 2.45) is 0 Å². The first-order chi connectivity index (χ1) is 11.9. The number of amides is 1. The summed E-state index contributed by atoms with van der Waals surface area (Å²) in [5.74, 6) is -0.185. The van der Waals surface area contributed by atoms with Crippen LogP contribution in [0.15, 0.2) is 5.38 Å².